The van der Waals surface area contributed by atoms with Crippen LogP contribution >= 0.6 is 0 Å². The lowest BCUT2D eigenvalue weighted by atomic mass is 10.0. The highest BCUT2D eigenvalue weighted by molar-refractivity contribution is 5.94. The maximum atomic E-state index is 12.7. The van der Waals surface area contributed by atoms with Gasteiger partial charge in [0, 0.05) is 5.56 Å². The summed E-state index contributed by atoms with van der Waals surface area (Å²) in [4.78, 5) is 12.2. The van der Waals surface area contributed by atoms with Crippen molar-refractivity contribution in [3.05, 3.63) is 65.2 Å². The molecule has 2 aromatic rings. The minimum atomic E-state index is -4.41. The van der Waals surface area contributed by atoms with Gasteiger partial charge in [0.2, 0.25) is 0 Å². The fraction of sp³-hybridized carbons (Fsp3) is 0.235. The average molecular weight is 323 g/mol. The van der Waals surface area contributed by atoms with E-state index in [4.69, 9.17) is 4.74 Å². The van der Waals surface area contributed by atoms with Crippen molar-refractivity contribution in [1.82, 2.24) is 5.32 Å². The average Bonchev–Trinajstić information content (AvgIpc) is 2.54. The number of amides is 1. The van der Waals surface area contributed by atoms with Crippen LogP contribution in [0.1, 0.15) is 34.5 Å². The van der Waals surface area contributed by atoms with Gasteiger partial charge >= 0.3 is 6.18 Å². The summed E-state index contributed by atoms with van der Waals surface area (Å²) in [6.45, 7) is 1.63. The second-order valence-corrected chi connectivity index (χ2v) is 5.05. The number of carbonyl (C=O) groups excluding carboxylic acids is 1. The number of hydrogen-bond donors (Lipinski definition) is 1. The monoisotopic (exact) mass is 323 g/mol. The van der Waals surface area contributed by atoms with Crippen molar-refractivity contribution in [2.24, 2.45) is 0 Å². The topological polar surface area (TPSA) is 38.3 Å². The van der Waals surface area contributed by atoms with E-state index in [0.29, 0.717) is 16.9 Å². The molecular formula is C17H16F3NO2. The third-order valence-electron chi connectivity index (χ3n) is 3.39. The number of alkyl halides is 3. The van der Waals surface area contributed by atoms with E-state index in [1.165, 1.54) is 13.2 Å². The maximum absolute atomic E-state index is 12.7. The van der Waals surface area contributed by atoms with E-state index in [1.54, 1.807) is 37.3 Å². The van der Waals surface area contributed by atoms with E-state index in [9.17, 15) is 18.0 Å². The molecule has 2 rings (SSSR count). The maximum Gasteiger partial charge on any atom is 0.416 e. The predicted molar refractivity (Wildman–Crippen MR) is 80.3 cm³/mol. The molecule has 1 amide bonds. The SMILES string of the molecule is COc1cccc(C(=O)N[C@@H](C)c2cccc(C(F)(F)F)c2)c1. The van der Waals surface area contributed by atoms with Crippen LogP contribution in [0.3, 0.4) is 0 Å². The Balaban J connectivity index is 2.15. The highest BCUT2D eigenvalue weighted by atomic mass is 19.4. The van der Waals surface area contributed by atoms with Crippen LogP contribution in [0.2, 0.25) is 0 Å². The van der Waals surface area contributed by atoms with Gasteiger partial charge in [-0.15, -0.1) is 0 Å². The second-order valence-electron chi connectivity index (χ2n) is 5.05. The summed E-state index contributed by atoms with van der Waals surface area (Å²) < 4.78 is 43.3. The summed E-state index contributed by atoms with van der Waals surface area (Å²) >= 11 is 0. The van der Waals surface area contributed by atoms with Gasteiger partial charge < -0.3 is 10.1 Å². The van der Waals surface area contributed by atoms with Crippen molar-refractivity contribution in [3.8, 4) is 5.75 Å². The lowest BCUT2D eigenvalue weighted by Gasteiger charge is -2.16. The number of benzene rings is 2. The molecule has 0 heterocycles. The molecule has 23 heavy (non-hydrogen) atoms. The van der Waals surface area contributed by atoms with E-state index in [0.717, 1.165) is 12.1 Å². The first-order valence-electron chi connectivity index (χ1n) is 6.93. The Morgan fingerprint density at radius 2 is 1.83 bits per heavy atom. The minimum Gasteiger partial charge on any atom is -0.497 e. The fourth-order valence-electron chi connectivity index (χ4n) is 2.11. The van der Waals surface area contributed by atoms with Crippen LogP contribution in [-0.2, 0) is 6.18 Å². The summed E-state index contributed by atoms with van der Waals surface area (Å²) in [6.07, 6.45) is -4.41. The molecule has 122 valence electrons. The number of methoxy groups -OCH3 is 1. The molecule has 0 unspecified atom stereocenters. The second kappa shape index (κ2) is 6.73. The molecule has 0 aromatic heterocycles. The lowest BCUT2D eigenvalue weighted by Crippen LogP contribution is -2.26. The number of rotatable bonds is 4. The number of hydrogen-bond acceptors (Lipinski definition) is 2. The van der Waals surface area contributed by atoms with E-state index in [2.05, 4.69) is 5.32 Å². The van der Waals surface area contributed by atoms with Crippen LogP contribution in [0.25, 0.3) is 0 Å². The van der Waals surface area contributed by atoms with Crippen LogP contribution in [0.5, 0.6) is 5.75 Å². The molecule has 1 atom stereocenters. The van der Waals surface area contributed by atoms with Crippen LogP contribution in [-0.4, -0.2) is 13.0 Å². The van der Waals surface area contributed by atoms with Gasteiger partial charge in [-0.3, -0.25) is 4.79 Å². The molecule has 1 N–H and O–H groups in total. The van der Waals surface area contributed by atoms with Gasteiger partial charge in [-0.2, -0.15) is 13.2 Å². The van der Waals surface area contributed by atoms with Crippen LogP contribution in [0.15, 0.2) is 48.5 Å². The third-order valence-corrected chi connectivity index (χ3v) is 3.39. The Labute approximate surface area is 132 Å². The summed E-state index contributed by atoms with van der Waals surface area (Å²) in [6, 6.07) is 10.9. The molecule has 0 aliphatic rings. The molecular weight excluding hydrogens is 307 g/mol. The Hall–Kier alpha value is -2.50. The molecule has 3 nitrogen and oxygen atoms in total. The van der Waals surface area contributed by atoms with Crippen molar-refractivity contribution in [3.63, 3.8) is 0 Å². The van der Waals surface area contributed by atoms with Crippen molar-refractivity contribution in [2.75, 3.05) is 7.11 Å². The van der Waals surface area contributed by atoms with Gasteiger partial charge in [-0.25, -0.2) is 0 Å². The van der Waals surface area contributed by atoms with Crippen molar-refractivity contribution < 1.29 is 22.7 Å². The molecule has 0 fully saturated rings. The normalized spacial score (nSPS) is 12.6. The highest BCUT2D eigenvalue weighted by Crippen LogP contribution is 2.30. The Morgan fingerprint density at radius 3 is 2.48 bits per heavy atom. The van der Waals surface area contributed by atoms with Crippen LogP contribution in [0.4, 0.5) is 13.2 Å². The zero-order chi connectivity index (χ0) is 17.0. The first kappa shape index (κ1) is 16.9. The summed E-state index contributed by atoms with van der Waals surface area (Å²) in [5.41, 5.74) is 0.0247. The number of nitrogens with one attached hydrogen (secondary N) is 1. The molecule has 0 radical (unpaired) electrons. The quantitative estimate of drug-likeness (QED) is 0.915. The minimum absolute atomic E-state index is 0.378. The molecule has 0 spiro atoms. The first-order chi connectivity index (χ1) is 10.8. The fourth-order valence-corrected chi connectivity index (χ4v) is 2.11. The Morgan fingerprint density at radius 1 is 1.13 bits per heavy atom. The predicted octanol–water partition coefficient (Wildman–Crippen LogP) is 4.21. The van der Waals surface area contributed by atoms with E-state index in [1.807, 2.05) is 0 Å². The van der Waals surface area contributed by atoms with Gasteiger partial charge in [-0.05, 0) is 42.8 Å². The summed E-state index contributed by atoms with van der Waals surface area (Å²) in [5, 5.41) is 2.68. The number of ether oxygens (including phenoxy) is 1. The molecule has 2 aromatic carbocycles. The smallest absolute Gasteiger partial charge is 0.416 e. The van der Waals surface area contributed by atoms with Gasteiger partial charge in [0.1, 0.15) is 5.75 Å². The summed E-state index contributed by atoms with van der Waals surface area (Å²) in [5.74, 6) is 0.151. The van der Waals surface area contributed by atoms with E-state index >= 15 is 0 Å². The van der Waals surface area contributed by atoms with Crippen LogP contribution in [0, 0.1) is 0 Å². The van der Waals surface area contributed by atoms with E-state index < -0.39 is 17.8 Å². The van der Waals surface area contributed by atoms with Crippen molar-refractivity contribution in [1.29, 1.82) is 0 Å². The molecule has 0 saturated heterocycles. The Kier molecular flexibility index (Phi) is 4.93. The molecule has 0 aliphatic carbocycles. The lowest BCUT2D eigenvalue weighted by molar-refractivity contribution is -0.137. The first-order valence-corrected chi connectivity index (χ1v) is 6.93. The summed E-state index contributed by atoms with van der Waals surface area (Å²) in [7, 11) is 1.49. The molecule has 0 saturated carbocycles. The standard InChI is InChI=1S/C17H16F3NO2/c1-11(12-5-3-7-14(9-12)17(18,19)20)21-16(22)13-6-4-8-15(10-13)23-2/h3-11H,1-2H3,(H,21,22)/t11-/m0/s1. The van der Waals surface area contributed by atoms with Crippen molar-refractivity contribution >= 4 is 5.91 Å². The molecule has 6 heteroatoms. The number of halogens is 3. The van der Waals surface area contributed by atoms with Gasteiger partial charge in [0.25, 0.3) is 5.91 Å². The Bertz CT molecular complexity index is 698. The number of carbonyl (C=O) groups is 1. The van der Waals surface area contributed by atoms with Gasteiger partial charge in [0.05, 0.1) is 18.7 Å². The zero-order valence-corrected chi connectivity index (χ0v) is 12.6. The van der Waals surface area contributed by atoms with Crippen molar-refractivity contribution in [2.45, 2.75) is 19.1 Å². The zero-order valence-electron chi connectivity index (χ0n) is 12.6. The van der Waals surface area contributed by atoms with Crippen LogP contribution < -0.4 is 10.1 Å². The van der Waals surface area contributed by atoms with Gasteiger partial charge in [0.15, 0.2) is 0 Å². The molecule has 0 aliphatic heterocycles. The highest BCUT2D eigenvalue weighted by Gasteiger charge is 2.30. The molecule has 0 bridgehead atoms. The van der Waals surface area contributed by atoms with E-state index in [-0.39, 0.29) is 5.91 Å². The third kappa shape index (κ3) is 4.25. The van der Waals surface area contributed by atoms with Gasteiger partial charge in [-0.1, -0.05) is 18.2 Å². The largest absolute Gasteiger partial charge is 0.497 e.